The lowest BCUT2D eigenvalue weighted by Gasteiger charge is -2.50. The molecule has 0 aromatic heterocycles. The van der Waals surface area contributed by atoms with Crippen LogP contribution in [-0.2, 0) is 0 Å². The van der Waals surface area contributed by atoms with Gasteiger partial charge in [-0.25, -0.2) is 0 Å². The van der Waals surface area contributed by atoms with Crippen LogP contribution in [0.3, 0.4) is 0 Å². The standard InChI is InChI=1S/C12H24N2/c1-11(2,3)13-10-5-6-12(10)7-8-14(4)9-12/h10,13H,5-9H2,1-4H3. The van der Waals surface area contributed by atoms with E-state index in [1.54, 1.807) is 0 Å². The number of rotatable bonds is 1. The normalized spacial score (nSPS) is 39.0. The Labute approximate surface area is 88.1 Å². The number of likely N-dealkylation sites (tertiary alicyclic amines) is 1. The molecule has 2 nitrogen and oxygen atoms in total. The highest BCUT2D eigenvalue weighted by Crippen LogP contribution is 2.48. The van der Waals surface area contributed by atoms with E-state index >= 15 is 0 Å². The Bertz CT molecular complexity index is 219. The van der Waals surface area contributed by atoms with Crippen LogP contribution in [0, 0.1) is 5.41 Å². The van der Waals surface area contributed by atoms with Gasteiger partial charge in [0.1, 0.15) is 0 Å². The summed E-state index contributed by atoms with van der Waals surface area (Å²) in [4.78, 5) is 2.48. The molecule has 2 atom stereocenters. The molecular weight excluding hydrogens is 172 g/mol. The smallest absolute Gasteiger partial charge is 0.0141 e. The highest BCUT2D eigenvalue weighted by atomic mass is 15.2. The zero-order valence-electron chi connectivity index (χ0n) is 10.1. The minimum Gasteiger partial charge on any atom is -0.309 e. The van der Waals surface area contributed by atoms with Crippen molar-refractivity contribution in [2.45, 2.75) is 51.6 Å². The number of hydrogen-bond donors (Lipinski definition) is 1. The lowest BCUT2D eigenvalue weighted by Crippen LogP contribution is -2.59. The fourth-order valence-corrected chi connectivity index (χ4v) is 3.04. The van der Waals surface area contributed by atoms with Crippen LogP contribution in [0.15, 0.2) is 0 Å². The summed E-state index contributed by atoms with van der Waals surface area (Å²) in [6, 6.07) is 0.771. The first kappa shape index (κ1) is 10.4. The second kappa shape index (κ2) is 3.21. The van der Waals surface area contributed by atoms with Crippen LogP contribution in [-0.4, -0.2) is 36.6 Å². The fraction of sp³-hybridized carbons (Fsp3) is 1.00. The van der Waals surface area contributed by atoms with Gasteiger partial charge in [-0.2, -0.15) is 0 Å². The molecule has 1 aliphatic heterocycles. The van der Waals surface area contributed by atoms with Gasteiger partial charge in [0.25, 0.3) is 0 Å². The molecule has 2 aliphatic rings. The van der Waals surface area contributed by atoms with Crippen molar-refractivity contribution in [3.8, 4) is 0 Å². The molecule has 82 valence electrons. The summed E-state index contributed by atoms with van der Waals surface area (Å²) in [5.74, 6) is 0. The zero-order chi connectivity index (χ0) is 10.4. The minimum atomic E-state index is 0.277. The number of nitrogens with zero attached hydrogens (tertiary/aromatic N) is 1. The molecule has 2 unspecified atom stereocenters. The molecule has 0 radical (unpaired) electrons. The van der Waals surface area contributed by atoms with Gasteiger partial charge in [0.05, 0.1) is 0 Å². The Kier molecular flexibility index (Phi) is 2.39. The van der Waals surface area contributed by atoms with Crippen LogP contribution < -0.4 is 5.32 Å². The molecule has 0 aromatic carbocycles. The van der Waals surface area contributed by atoms with E-state index in [4.69, 9.17) is 0 Å². The van der Waals surface area contributed by atoms with Gasteiger partial charge in [0.15, 0.2) is 0 Å². The third-order valence-corrected chi connectivity index (χ3v) is 3.85. The Balaban J connectivity index is 1.96. The first-order valence-corrected chi connectivity index (χ1v) is 5.88. The Morgan fingerprint density at radius 1 is 1.29 bits per heavy atom. The lowest BCUT2D eigenvalue weighted by molar-refractivity contribution is 0.0579. The molecule has 1 saturated carbocycles. The van der Waals surface area contributed by atoms with Crippen LogP contribution >= 0.6 is 0 Å². The van der Waals surface area contributed by atoms with Gasteiger partial charge in [0, 0.05) is 18.1 Å². The second-order valence-electron chi connectivity index (χ2n) is 6.34. The lowest BCUT2D eigenvalue weighted by atomic mass is 9.63. The van der Waals surface area contributed by atoms with Crippen molar-refractivity contribution >= 4 is 0 Å². The first-order chi connectivity index (χ1) is 6.41. The third kappa shape index (κ3) is 1.82. The molecule has 1 saturated heterocycles. The molecule has 2 heteroatoms. The van der Waals surface area contributed by atoms with Gasteiger partial charge in [-0.3, -0.25) is 0 Å². The maximum Gasteiger partial charge on any atom is 0.0141 e. The van der Waals surface area contributed by atoms with Gasteiger partial charge in [-0.15, -0.1) is 0 Å². The summed E-state index contributed by atoms with van der Waals surface area (Å²) in [6.45, 7) is 9.43. The van der Waals surface area contributed by atoms with Crippen LogP contribution in [0.1, 0.15) is 40.0 Å². The Hall–Kier alpha value is -0.0800. The topological polar surface area (TPSA) is 15.3 Å². The minimum absolute atomic E-state index is 0.277. The van der Waals surface area contributed by atoms with Crippen LogP contribution in [0.25, 0.3) is 0 Å². The molecule has 1 heterocycles. The molecule has 1 spiro atoms. The highest BCUT2D eigenvalue weighted by Gasteiger charge is 2.50. The number of nitrogens with one attached hydrogen (secondary N) is 1. The van der Waals surface area contributed by atoms with Crippen LogP contribution in [0.4, 0.5) is 0 Å². The van der Waals surface area contributed by atoms with E-state index < -0.39 is 0 Å². The third-order valence-electron chi connectivity index (χ3n) is 3.85. The zero-order valence-corrected chi connectivity index (χ0v) is 10.1. The molecule has 14 heavy (non-hydrogen) atoms. The molecule has 0 amide bonds. The summed E-state index contributed by atoms with van der Waals surface area (Å²) in [7, 11) is 2.25. The van der Waals surface area contributed by atoms with Gasteiger partial charge < -0.3 is 10.2 Å². The second-order valence-corrected chi connectivity index (χ2v) is 6.34. The average Bonchev–Trinajstić information content (AvgIpc) is 2.43. The highest BCUT2D eigenvalue weighted by molar-refractivity contribution is 5.06. The number of hydrogen-bond acceptors (Lipinski definition) is 2. The predicted octanol–water partition coefficient (Wildman–Crippen LogP) is 1.86. The molecule has 2 rings (SSSR count). The quantitative estimate of drug-likeness (QED) is 0.688. The molecule has 1 aliphatic carbocycles. The van der Waals surface area contributed by atoms with E-state index in [-0.39, 0.29) is 5.54 Å². The van der Waals surface area contributed by atoms with E-state index in [0.717, 1.165) is 6.04 Å². The van der Waals surface area contributed by atoms with E-state index in [0.29, 0.717) is 5.41 Å². The van der Waals surface area contributed by atoms with E-state index in [9.17, 15) is 0 Å². The Morgan fingerprint density at radius 2 is 2.00 bits per heavy atom. The summed E-state index contributed by atoms with van der Waals surface area (Å²) in [6.07, 6.45) is 4.22. The average molecular weight is 196 g/mol. The van der Waals surface area contributed by atoms with Gasteiger partial charge in [-0.1, -0.05) is 0 Å². The summed E-state index contributed by atoms with van der Waals surface area (Å²) in [5.41, 5.74) is 0.904. The maximum atomic E-state index is 3.78. The van der Waals surface area contributed by atoms with Gasteiger partial charge in [-0.05, 0) is 59.0 Å². The van der Waals surface area contributed by atoms with Crippen molar-refractivity contribution in [2.75, 3.05) is 20.1 Å². The van der Waals surface area contributed by atoms with E-state index in [1.807, 2.05) is 0 Å². The SMILES string of the molecule is CN1CCC2(CCC2NC(C)(C)C)C1. The van der Waals surface area contributed by atoms with Crippen molar-refractivity contribution < 1.29 is 0 Å². The van der Waals surface area contributed by atoms with Crippen molar-refractivity contribution in [3.05, 3.63) is 0 Å². The molecular formula is C12H24N2. The van der Waals surface area contributed by atoms with Crippen LogP contribution in [0.5, 0.6) is 0 Å². The maximum absolute atomic E-state index is 3.78. The van der Waals surface area contributed by atoms with Crippen molar-refractivity contribution in [1.82, 2.24) is 10.2 Å². The summed E-state index contributed by atoms with van der Waals surface area (Å²) in [5, 5.41) is 3.78. The van der Waals surface area contributed by atoms with Gasteiger partial charge >= 0.3 is 0 Å². The monoisotopic (exact) mass is 196 g/mol. The molecule has 1 N–H and O–H groups in total. The van der Waals surface area contributed by atoms with Crippen molar-refractivity contribution in [1.29, 1.82) is 0 Å². The van der Waals surface area contributed by atoms with Crippen molar-refractivity contribution in [2.24, 2.45) is 5.41 Å². The molecule has 2 fully saturated rings. The molecule has 0 aromatic rings. The summed E-state index contributed by atoms with van der Waals surface area (Å²) < 4.78 is 0. The van der Waals surface area contributed by atoms with Gasteiger partial charge in [0.2, 0.25) is 0 Å². The first-order valence-electron chi connectivity index (χ1n) is 5.88. The van der Waals surface area contributed by atoms with E-state index in [2.05, 4.69) is 38.0 Å². The Morgan fingerprint density at radius 3 is 2.36 bits per heavy atom. The largest absolute Gasteiger partial charge is 0.309 e. The van der Waals surface area contributed by atoms with E-state index in [1.165, 1.54) is 32.4 Å². The summed E-state index contributed by atoms with van der Waals surface area (Å²) >= 11 is 0. The predicted molar refractivity (Wildman–Crippen MR) is 60.5 cm³/mol. The molecule has 0 bridgehead atoms. The van der Waals surface area contributed by atoms with Crippen molar-refractivity contribution in [3.63, 3.8) is 0 Å². The fourth-order valence-electron chi connectivity index (χ4n) is 3.04. The van der Waals surface area contributed by atoms with Crippen LogP contribution in [0.2, 0.25) is 0 Å².